The molecule has 32 heavy (non-hydrogen) atoms. The van der Waals surface area contributed by atoms with Crippen LogP contribution >= 0.6 is 11.8 Å². The first kappa shape index (κ1) is 22.6. The van der Waals surface area contributed by atoms with Crippen LogP contribution < -0.4 is 5.56 Å². The fraction of sp³-hybridized carbons (Fsp3) is 0.423. The molecule has 168 valence electrons. The lowest BCUT2D eigenvalue weighted by Gasteiger charge is -2.40. The van der Waals surface area contributed by atoms with E-state index in [9.17, 15) is 9.59 Å². The van der Waals surface area contributed by atoms with Crippen molar-refractivity contribution in [2.45, 2.75) is 76.0 Å². The summed E-state index contributed by atoms with van der Waals surface area (Å²) < 4.78 is 1.71. The Morgan fingerprint density at radius 3 is 2.44 bits per heavy atom. The zero-order valence-electron chi connectivity index (χ0n) is 19.2. The predicted octanol–water partition coefficient (Wildman–Crippen LogP) is 5.02. The summed E-state index contributed by atoms with van der Waals surface area (Å²) in [7, 11) is 0. The van der Waals surface area contributed by atoms with E-state index in [2.05, 4.69) is 13.8 Å². The number of piperidine rings is 1. The van der Waals surface area contributed by atoms with Gasteiger partial charge in [-0.2, -0.15) is 0 Å². The molecule has 0 aliphatic carbocycles. The van der Waals surface area contributed by atoms with Crippen LogP contribution in [0, 0.1) is 6.92 Å². The summed E-state index contributed by atoms with van der Waals surface area (Å²) in [6.07, 6.45) is 3.25. The molecule has 6 heteroatoms. The largest absolute Gasteiger partial charge is 0.336 e. The number of hydrogen-bond acceptors (Lipinski definition) is 4. The van der Waals surface area contributed by atoms with Gasteiger partial charge in [-0.1, -0.05) is 53.7 Å². The molecule has 0 N–H and O–H groups in total. The number of likely N-dealkylation sites (tertiary alicyclic amines) is 1. The molecule has 3 atom stereocenters. The van der Waals surface area contributed by atoms with E-state index in [0.717, 1.165) is 24.8 Å². The van der Waals surface area contributed by atoms with Crippen LogP contribution in [0.3, 0.4) is 0 Å². The molecular weight excluding hydrogens is 418 g/mol. The number of thioether (sulfide) groups is 1. The number of amides is 1. The van der Waals surface area contributed by atoms with E-state index in [1.807, 2.05) is 67.3 Å². The molecule has 5 nitrogen and oxygen atoms in total. The van der Waals surface area contributed by atoms with Gasteiger partial charge in [-0.05, 0) is 64.7 Å². The fourth-order valence-corrected chi connectivity index (χ4v) is 5.49. The second-order valence-corrected chi connectivity index (χ2v) is 10.2. The molecular formula is C26H31N3O2S. The van der Waals surface area contributed by atoms with Crippen molar-refractivity contribution in [3.05, 3.63) is 70.0 Å². The Labute approximate surface area is 193 Å². The average Bonchev–Trinajstić information content (AvgIpc) is 2.77. The van der Waals surface area contributed by atoms with Gasteiger partial charge in [-0.25, -0.2) is 4.98 Å². The Bertz CT molecular complexity index is 1160. The quantitative estimate of drug-likeness (QED) is 0.405. The number of rotatable bonds is 5. The van der Waals surface area contributed by atoms with E-state index in [-0.39, 0.29) is 28.8 Å². The second-order valence-electron chi connectivity index (χ2n) is 8.92. The van der Waals surface area contributed by atoms with Gasteiger partial charge in [0.1, 0.15) is 0 Å². The second kappa shape index (κ2) is 9.49. The standard InChI is InChI=1S/C26H31N3O2S/c1-17-12-14-21(15-13-17)16-28-25(31)22-10-5-6-11-23(22)27-26(28)32-20(4)24(30)29-18(2)8-7-9-19(29)3/h5-6,10-15,18-20H,7-9,16H2,1-4H3/t18-,19-,20+/m0/s1. The summed E-state index contributed by atoms with van der Waals surface area (Å²) in [4.78, 5) is 33.6. The molecule has 0 saturated carbocycles. The molecule has 1 saturated heterocycles. The molecule has 0 unspecified atom stereocenters. The van der Waals surface area contributed by atoms with Crippen LogP contribution in [0.25, 0.3) is 10.9 Å². The fourth-order valence-electron chi connectivity index (χ4n) is 4.53. The Kier molecular flexibility index (Phi) is 6.70. The van der Waals surface area contributed by atoms with Crippen LogP contribution in [0.1, 0.15) is 51.2 Å². The molecule has 4 rings (SSSR count). The highest BCUT2D eigenvalue weighted by molar-refractivity contribution is 8.00. The lowest BCUT2D eigenvalue weighted by Crippen LogP contribution is -2.50. The van der Waals surface area contributed by atoms with Gasteiger partial charge in [-0.3, -0.25) is 14.2 Å². The first-order chi connectivity index (χ1) is 15.3. The van der Waals surface area contributed by atoms with Crippen LogP contribution in [0.15, 0.2) is 58.5 Å². The number of fused-ring (bicyclic) bond motifs is 1. The van der Waals surface area contributed by atoms with Crippen molar-refractivity contribution < 1.29 is 4.79 Å². The van der Waals surface area contributed by atoms with E-state index in [1.165, 1.54) is 17.3 Å². The van der Waals surface area contributed by atoms with E-state index in [0.29, 0.717) is 22.6 Å². The monoisotopic (exact) mass is 449 g/mol. The topological polar surface area (TPSA) is 55.2 Å². The zero-order chi connectivity index (χ0) is 22.8. The lowest BCUT2D eigenvalue weighted by molar-refractivity contribution is -0.136. The highest BCUT2D eigenvalue weighted by atomic mass is 32.2. The molecule has 1 amide bonds. The summed E-state index contributed by atoms with van der Waals surface area (Å²) in [5.74, 6) is 0.124. The van der Waals surface area contributed by atoms with Gasteiger partial charge in [0.25, 0.3) is 5.56 Å². The molecule has 0 radical (unpaired) electrons. The normalized spacial score (nSPS) is 19.8. The number of carbonyl (C=O) groups is 1. The summed E-state index contributed by atoms with van der Waals surface area (Å²) in [6, 6.07) is 16.1. The van der Waals surface area contributed by atoms with Crippen LogP contribution in [-0.4, -0.2) is 37.7 Å². The predicted molar refractivity (Wildman–Crippen MR) is 131 cm³/mol. The maximum absolute atomic E-state index is 13.4. The molecule has 0 bridgehead atoms. The van der Waals surface area contributed by atoms with Crippen molar-refractivity contribution in [1.29, 1.82) is 0 Å². The molecule has 0 spiro atoms. The van der Waals surface area contributed by atoms with E-state index < -0.39 is 0 Å². The summed E-state index contributed by atoms with van der Waals surface area (Å²) in [5, 5.41) is 0.865. The van der Waals surface area contributed by atoms with Crippen molar-refractivity contribution in [3.63, 3.8) is 0 Å². The third-order valence-electron chi connectivity index (χ3n) is 6.37. The first-order valence-corrected chi connectivity index (χ1v) is 12.3. The molecule has 1 aliphatic heterocycles. The van der Waals surface area contributed by atoms with Gasteiger partial charge in [0, 0.05) is 12.1 Å². The number of benzene rings is 2. The van der Waals surface area contributed by atoms with Crippen LogP contribution in [0.5, 0.6) is 0 Å². The Morgan fingerprint density at radius 1 is 1.09 bits per heavy atom. The van der Waals surface area contributed by atoms with Crippen molar-refractivity contribution in [2.75, 3.05) is 0 Å². The minimum absolute atomic E-state index is 0.0713. The number of carbonyl (C=O) groups excluding carboxylic acids is 1. The summed E-state index contributed by atoms with van der Waals surface area (Å²) >= 11 is 1.39. The van der Waals surface area contributed by atoms with E-state index >= 15 is 0 Å². The van der Waals surface area contributed by atoms with Crippen molar-refractivity contribution in [2.24, 2.45) is 0 Å². The van der Waals surface area contributed by atoms with Gasteiger partial charge in [0.2, 0.25) is 5.91 Å². The molecule has 1 fully saturated rings. The van der Waals surface area contributed by atoms with E-state index in [4.69, 9.17) is 4.98 Å². The Morgan fingerprint density at radius 2 is 1.75 bits per heavy atom. The third-order valence-corrected chi connectivity index (χ3v) is 7.44. The van der Waals surface area contributed by atoms with Gasteiger partial charge in [0.05, 0.1) is 22.7 Å². The van der Waals surface area contributed by atoms with Crippen molar-refractivity contribution in [3.8, 4) is 0 Å². The van der Waals surface area contributed by atoms with Crippen LogP contribution in [-0.2, 0) is 11.3 Å². The summed E-state index contributed by atoms with van der Waals surface area (Å²) in [5.41, 5.74) is 2.81. The Hall–Kier alpha value is -2.60. The number of nitrogens with zero attached hydrogens (tertiary/aromatic N) is 3. The minimum atomic E-state index is -0.324. The Balaban J connectivity index is 1.69. The number of para-hydroxylation sites is 1. The van der Waals surface area contributed by atoms with E-state index in [1.54, 1.807) is 4.57 Å². The number of aryl methyl sites for hydroxylation is 1. The molecule has 2 heterocycles. The van der Waals surface area contributed by atoms with Crippen molar-refractivity contribution >= 4 is 28.6 Å². The zero-order valence-corrected chi connectivity index (χ0v) is 20.1. The maximum Gasteiger partial charge on any atom is 0.262 e. The maximum atomic E-state index is 13.4. The average molecular weight is 450 g/mol. The van der Waals surface area contributed by atoms with Gasteiger partial charge >= 0.3 is 0 Å². The summed E-state index contributed by atoms with van der Waals surface area (Å²) in [6.45, 7) is 8.67. The van der Waals surface area contributed by atoms with Crippen LogP contribution in [0.4, 0.5) is 0 Å². The minimum Gasteiger partial charge on any atom is -0.336 e. The first-order valence-electron chi connectivity index (χ1n) is 11.4. The third kappa shape index (κ3) is 4.60. The van der Waals surface area contributed by atoms with Gasteiger partial charge < -0.3 is 4.90 Å². The highest BCUT2D eigenvalue weighted by Gasteiger charge is 2.32. The molecule has 1 aromatic heterocycles. The molecule has 1 aliphatic rings. The SMILES string of the molecule is Cc1ccc(Cn2c(S[C@H](C)C(=O)N3[C@@H](C)CCC[C@@H]3C)nc3ccccc3c2=O)cc1. The van der Waals surface area contributed by atoms with Crippen LogP contribution in [0.2, 0.25) is 0 Å². The molecule has 3 aromatic rings. The van der Waals surface area contributed by atoms with Gasteiger partial charge in [-0.15, -0.1) is 0 Å². The van der Waals surface area contributed by atoms with Gasteiger partial charge in [0.15, 0.2) is 5.16 Å². The number of aromatic nitrogens is 2. The lowest BCUT2D eigenvalue weighted by atomic mass is 9.97. The highest BCUT2D eigenvalue weighted by Crippen LogP contribution is 2.29. The van der Waals surface area contributed by atoms with Crippen molar-refractivity contribution in [1.82, 2.24) is 14.5 Å². The number of hydrogen-bond donors (Lipinski definition) is 0. The molecule has 2 aromatic carbocycles. The smallest absolute Gasteiger partial charge is 0.262 e.